The van der Waals surface area contributed by atoms with Crippen molar-refractivity contribution in [3.8, 4) is 11.5 Å². The van der Waals surface area contributed by atoms with Gasteiger partial charge in [-0.2, -0.15) is 0 Å². The maximum Gasteiger partial charge on any atom is 0.316 e. The Morgan fingerprint density at radius 1 is 0.962 bits per heavy atom. The molecule has 9 heteroatoms. The van der Waals surface area contributed by atoms with Crippen molar-refractivity contribution in [3.63, 3.8) is 0 Å². The van der Waals surface area contributed by atoms with E-state index in [0.717, 1.165) is 0 Å². The molecule has 0 saturated carbocycles. The van der Waals surface area contributed by atoms with Crippen molar-refractivity contribution in [2.45, 2.75) is 0 Å². The molecule has 0 heterocycles. The summed E-state index contributed by atoms with van der Waals surface area (Å²) in [6.45, 7) is 0.441. The predicted molar refractivity (Wildman–Crippen MR) is 100 cm³/mol. The fraction of sp³-hybridized carbons (Fsp3) is 0.176. The first-order valence-electron chi connectivity index (χ1n) is 7.58. The highest BCUT2D eigenvalue weighted by molar-refractivity contribution is 6.42. The summed E-state index contributed by atoms with van der Waals surface area (Å²) in [4.78, 5) is 22.5. The van der Waals surface area contributed by atoms with E-state index in [-0.39, 0.29) is 19.1 Å². The Bertz CT molecular complexity index is 769. The summed E-state index contributed by atoms with van der Waals surface area (Å²) < 4.78 is 10.8. The summed E-state index contributed by atoms with van der Waals surface area (Å²) in [5.41, 5.74) is 5.55. The molecule has 3 amide bonds. The van der Waals surface area contributed by atoms with Crippen molar-refractivity contribution < 1.29 is 19.1 Å². The van der Waals surface area contributed by atoms with Crippen LogP contribution in [0.15, 0.2) is 42.5 Å². The Balaban J connectivity index is 1.65. The summed E-state index contributed by atoms with van der Waals surface area (Å²) in [7, 11) is 0. The fourth-order valence-electron chi connectivity index (χ4n) is 1.90. The molecule has 2 aromatic rings. The molecule has 0 aliphatic rings. The quantitative estimate of drug-likeness (QED) is 0.595. The van der Waals surface area contributed by atoms with Gasteiger partial charge in [-0.05, 0) is 36.4 Å². The molecule has 2 aromatic carbocycles. The van der Waals surface area contributed by atoms with Crippen molar-refractivity contribution in [1.29, 1.82) is 0 Å². The fourth-order valence-corrected chi connectivity index (χ4v) is 2.19. The first-order valence-corrected chi connectivity index (χ1v) is 8.33. The summed E-state index contributed by atoms with van der Waals surface area (Å²) in [5.74, 6) is 0.763. The van der Waals surface area contributed by atoms with Crippen LogP contribution in [0.4, 0.5) is 10.5 Å². The molecule has 2 rings (SSSR count). The molecule has 138 valence electrons. The third-order valence-corrected chi connectivity index (χ3v) is 3.81. The van der Waals surface area contributed by atoms with E-state index in [0.29, 0.717) is 33.8 Å². The van der Waals surface area contributed by atoms with Gasteiger partial charge in [0.2, 0.25) is 0 Å². The number of nitrogens with one attached hydrogen (secondary N) is 2. The van der Waals surface area contributed by atoms with Crippen LogP contribution in [0.5, 0.6) is 11.5 Å². The van der Waals surface area contributed by atoms with E-state index in [1.807, 2.05) is 0 Å². The lowest BCUT2D eigenvalue weighted by molar-refractivity contribution is -0.123. The highest BCUT2D eigenvalue weighted by Gasteiger charge is 2.04. The van der Waals surface area contributed by atoms with Crippen LogP contribution in [0.25, 0.3) is 0 Å². The molecule has 0 aliphatic heterocycles. The summed E-state index contributed by atoms with van der Waals surface area (Å²) in [6, 6.07) is 10.7. The Labute approximate surface area is 160 Å². The second-order valence-electron chi connectivity index (χ2n) is 5.08. The van der Waals surface area contributed by atoms with Gasteiger partial charge in [-0.25, -0.2) is 4.79 Å². The molecule has 0 unspecified atom stereocenters. The minimum atomic E-state index is -0.652. The summed E-state index contributed by atoms with van der Waals surface area (Å²) in [6.07, 6.45) is 0. The highest BCUT2D eigenvalue weighted by atomic mass is 35.5. The minimum absolute atomic E-state index is 0.143. The van der Waals surface area contributed by atoms with Gasteiger partial charge in [0.15, 0.2) is 6.61 Å². The van der Waals surface area contributed by atoms with Crippen LogP contribution in [-0.2, 0) is 4.79 Å². The first-order chi connectivity index (χ1) is 12.4. The second kappa shape index (κ2) is 9.74. The van der Waals surface area contributed by atoms with E-state index in [1.54, 1.807) is 42.5 Å². The lowest BCUT2D eigenvalue weighted by Crippen LogP contribution is -2.32. The molecule has 0 aliphatic carbocycles. The number of rotatable bonds is 8. The molecule has 4 N–H and O–H groups in total. The van der Waals surface area contributed by atoms with E-state index >= 15 is 0 Å². The topological polar surface area (TPSA) is 103 Å². The van der Waals surface area contributed by atoms with E-state index in [9.17, 15) is 9.59 Å². The number of hydrogen-bond donors (Lipinski definition) is 3. The number of carbonyl (C=O) groups is 2. The monoisotopic (exact) mass is 397 g/mol. The van der Waals surface area contributed by atoms with Crippen LogP contribution in [0, 0.1) is 0 Å². The smallest absolute Gasteiger partial charge is 0.316 e. The van der Waals surface area contributed by atoms with Crippen molar-refractivity contribution >= 4 is 40.8 Å². The van der Waals surface area contributed by atoms with Crippen molar-refractivity contribution in [2.24, 2.45) is 5.73 Å². The van der Waals surface area contributed by atoms with Gasteiger partial charge in [0.1, 0.15) is 18.1 Å². The normalized spacial score (nSPS) is 10.1. The van der Waals surface area contributed by atoms with E-state index in [1.165, 1.54) is 0 Å². The Kier molecular flexibility index (Phi) is 7.37. The molecule has 7 nitrogen and oxygen atoms in total. The number of anilines is 1. The van der Waals surface area contributed by atoms with E-state index < -0.39 is 6.03 Å². The molecule has 0 spiro atoms. The number of carbonyl (C=O) groups excluding carboxylic acids is 2. The Morgan fingerprint density at radius 2 is 1.65 bits per heavy atom. The van der Waals surface area contributed by atoms with E-state index in [4.69, 9.17) is 38.4 Å². The molecule has 0 bridgehead atoms. The van der Waals surface area contributed by atoms with Crippen molar-refractivity contribution in [2.75, 3.05) is 25.1 Å². The number of halogens is 2. The van der Waals surface area contributed by atoms with Gasteiger partial charge in [-0.15, -0.1) is 0 Å². The number of benzene rings is 2. The number of primary amides is 1. The standard InChI is InChI=1S/C17H17Cl2N3O4/c18-14-6-5-13(9-15(14)19)25-8-7-21-16(23)10-26-12-3-1-11(2-4-12)22-17(20)24/h1-6,9H,7-8,10H2,(H,21,23)(H3,20,22,24). The van der Waals surface area contributed by atoms with Gasteiger partial charge in [0.05, 0.1) is 16.6 Å². The molecular weight excluding hydrogens is 381 g/mol. The number of nitrogens with two attached hydrogens (primary N) is 1. The summed E-state index contributed by atoms with van der Waals surface area (Å²) in [5, 5.41) is 5.94. The zero-order valence-corrected chi connectivity index (χ0v) is 15.1. The predicted octanol–water partition coefficient (Wildman–Crippen LogP) is 3.06. The highest BCUT2D eigenvalue weighted by Crippen LogP contribution is 2.26. The molecule has 0 atom stereocenters. The van der Waals surface area contributed by atoms with Crippen LogP contribution in [0.3, 0.4) is 0 Å². The Morgan fingerprint density at radius 3 is 2.31 bits per heavy atom. The molecule has 0 fully saturated rings. The van der Waals surface area contributed by atoms with Gasteiger partial charge in [0.25, 0.3) is 5.91 Å². The zero-order valence-electron chi connectivity index (χ0n) is 13.6. The van der Waals surface area contributed by atoms with Gasteiger partial charge in [-0.1, -0.05) is 23.2 Å². The summed E-state index contributed by atoms with van der Waals surface area (Å²) >= 11 is 11.7. The van der Waals surface area contributed by atoms with Crippen LogP contribution < -0.4 is 25.8 Å². The van der Waals surface area contributed by atoms with Crippen molar-refractivity contribution in [3.05, 3.63) is 52.5 Å². The lowest BCUT2D eigenvalue weighted by atomic mass is 10.3. The SMILES string of the molecule is NC(=O)Nc1ccc(OCC(=O)NCCOc2ccc(Cl)c(Cl)c2)cc1. The van der Waals surface area contributed by atoms with Crippen LogP contribution in [0.2, 0.25) is 10.0 Å². The number of urea groups is 1. The van der Waals surface area contributed by atoms with E-state index in [2.05, 4.69) is 10.6 Å². The van der Waals surface area contributed by atoms with Gasteiger partial charge >= 0.3 is 6.03 Å². The average Bonchev–Trinajstić information content (AvgIpc) is 2.60. The van der Waals surface area contributed by atoms with Crippen LogP contribution in [0.1, 0.15) is 0 Å². The lowest BCUT2D eigenvalue weighted by Gasteiger charge is -2.10. The minimum Gasteiger partial charge on any atom is -0.492 e. The average molecular weight is 398 g/mol. The van der Waals surface area contributed by atoms with Crippen LogP contribution >= 0.6 is 23.2 Å². The Hall–Kier alpha value is -2.64. The number of ether oxygens (including phenoxy) is 2. The third-order valence-electron chi connectivity index (χ3n) is 3.08. The molecule has 0 radical (unpaired) electrons. The molecule has 0 aromatic heterocycles. The molecular formula is C17H17Cl2N3O4. The zero-order chi connectivity index (χ0) is 18.9. The van der Waals surface area contributed by atoms with Gasteiger partial charge in [0, 0.05) is 11.8 Å². The molecule has 26 heavy (non-hydrogen) atoms. The number of hydrogen-bond acceptors (Lipinski definition) is 4. The number of amides is 3. The largest absolute Gasteiger partial charge is 0.492 e. The molecule has 0 saturated heterocycles. The maximum atomic E-state index is 11.7. The van der Waals surface area contributed by atoms with Crippen LogP contribution in [-0.4, -0.2) is 31.7 Å². The van der Waals surface area contributed by atoms with Gasteiger partial charge in [-0.3, -0.25) is 4.79 Å². The third kappa shape index (κ3) is 6.70. The maximum absolute atomic E-state index is 11.7. The van der Waals surface area contributed by atoms with Gasteiger partial charge < -0.3 is 25.8 Å². The second-order valence-corrected chi connectivity index (χ2v) is 5.89. The van der Waals surface area contributed by atoms with Crippen molar-refractivity contribution in [1.82, 2.24) is 5.32 Å². The first kappa shape index (κ1) is 19.7.